The van der Waals surface area contributed by atoms with Crippen molar-refractivity contribution in [1.82, 2.24) is 9.55 Å². The van der Waals surface area contributed by atoms with E-state index in [0.29, 0.717) is 16.7 Å². The number of ether oxygens (including phenoxy) is 1. The van der Waals surface area contributed by atoms with Crippen LogP contribution in [0, 0.1) is 0 Å². The number of carbonyl (C=O) groups excluding carboxylic acids is 1. The van der Waals surface area contributed by atoms with Gasteiger partial charge in [-0.05, 0) is 29.7 Å². The molecule has 0 unspecified atom stereocenters. The molecular weight excluding hydrogens is 304 g/mol. The molecular formula is C19H20N2O3. The van der Waals surface area contributed by atoms with Crippen molar-refractivity contribution in [2.45, 2.75) is 26.3 Å². The molecule has 0 atom stereocenters. The molecule has 5 nitrogen and oxygen atoms in total. The minimum absolute atomic E-state index is 0.00589. The van der Waals surface area contributed by atoms with Crippen LogP contribution in [0.5, 0.6) is 11.5 Å². The Balaban J connectivity index is 1.95. The molecule has 0 fully saturated rings. The number of phenolic OH excluding ortho intramolecular Hbond substituents is 1. The fraction of sp³-hybridized carbons (Fsp3) is 0.263. The van der Waals surface area contributed by atoms with Gasteiger partial charge in [-0.15, -0.1) is 0 Å². The SMILES string of the molecule is COc1ccc2c(O)c(C(=O)Cn3ccnc3C(C)C)ccc2c1. The average Bonchev–Trinajstić information content (AvgIpc) is 3.03. The number of ketones is 1. The van der Waals surface area contributed by atoms with Gasteiger partial charge in [0.05, 0.1) is 19.2 Å². The van der Waals surface area contributed by atoms with Crippen LogP contribution in [0.3, 0.4) is 0 Å². The monoisotopic (exact) mass is 324 g/mol. The van der Waals surface area contributed by atoms with Gasteiger partial charge in [-0.1, -0.05) is 19.9 Å². The molecule has 0 saturated heterocycles. The topological polar surface area (TPSA) is 64.3 Å². The van der Waals surface area contributed by atoms with E-state index in [-0.39, 0.29) is 24.0 Å². The molecule has 0 aliphatic carbocycles. The number of phenols is 1. The third-order valence-electron chi connectivity index (χ3n) is 4.08. The predicted molar refractivity (Wildman–Crippen MR) is 92.8 cm³/mol. The van der Waals surface area contributed by atoms with Crippen molar-refractivity contribution in [3.8, 4) is 11.5 Å². The molecule has 0 saturated carbocycles. The largest absolute Gasteiger partial charge is 0.507 e. The summed E-state index contributed by atoms with van der Waals surface area (Å²) in [5, 5.41) is 12.0. The van der Waals surface area contributed by atoms with Gasteiger partial charge in [0.1, 0.15) is 17.3 Å². The molecule has 2 aromatic carbocycles. The summed E-state index contributed by atoms with van der Waals surface area (Å²) in [6, 6.07) is 8.84. The Morgan fingerprint density at radius 2 is 2.08 bits per heavy atom. The maximum Gasteiger partial charge on any atom is 0.186 e. The number of rotatable bonds is 5. The Labute approximate surface area is 140 Å². The van der Waals surface area contributed by atoms with Crippen molar-refractivity contribution in [2.24, 2.45) is 0 Å². The number of imidazole rings is 1. The second kappa shape index (κ2) is 6.35. The summed E-state index contributed by atoms with van der Waals surface area (Å²) in [5.41, 5.74) is 0.316. The number of nitrogens with zero attached hydrogens (tertiary/aromatic N) is 2. The number of Topliss-reactive ketones (excluding diaryl/α,β-unsaturated/α-hetero) is 1. The Bertz CT molecular complexity index is 897. The van der Waals surface area contributed by atoms with Crippen LogP contribution in [0.25, 0.3) is 10.8 Å². The molecule has 0 amide bonds. The van der Waals surface area contributed by atoms with Crippen LogP contribution in [0.15, 0.2) is 42.7 Å². The van der Waals surface area contributed by atoms with Crippen LogP contribution in [0.1, 0.15) is 35.9 Å². The number of benzene rings is 2. The van der Waals surface area contributed by atoms with Gasteiger partial charge in [0, 0.05) is 23.7 Å². The van der Waals surface area contributed by atoms with Gasteiger partial charge in [-0.25, -0.2) is 4.98 Å². The van der Waals surface area contributed by atoms with Gasteiger partial charge in [-0.3, -0.25) is 4.79 Å². The van der Waals surface area contributed by atoms with Gasteiger partial charge in [-0.2, -0.15) is 0 Å². The van der Waals surface area contributed by atoms with E-state index in [9.17, 15) is 9.90 Å². The smallest absolute Gasteiger partial charge is 0.186 e. The third kappa shape index (κ3) is 2.85. The van der Waals surface area contributed by atoms with Gasteiger partial charge in [0.2, 0.25) is 0 Å². The molecule has 3 rings (SSSR count). The van der Waals surface area contributed by atoms with Crippen LogP contribution < -0.4 is 4.74 Å². The van der Waals surface area contributed by atoms with Crippen LogP contribution >= 0.6 is 0 Å². The lowest BCUT2D eigenvalue weighted by atomic mass is 10.0. The van der Waals surface area contributed by atoms with E-state index in [0.717, 1.165) is 11.2 Å². The number of methoxy groups -OCH3 is 1. The van der Waals surface area contributed by atoms with Crippen LogP contribution in [-0.2, 0) is 6.54 Å². The van der Waals surface area contributed by atoms with Crippen LogP contribution in [0.4, 0.5) is 0 Å². The van der Waals surface area contributed by atoms with Crippen molar-refractivity contribution in [3.63, 3.8) is 0 Å². The van der Waals surface area contributed by atoms with Crippen molar-refractivity contribution in [3.05, 3.63) is 54.1 Å². The summed E-state index contributed by atoms with van der Waals surface area (Å²) in [6.07, 6.45) is 3.48. The van der Waals surface area contributed by atoms with Gasteiger partial charge in [0.15, 0.2) is 5.78 Å². The highest BCUT2D eigenvalue weighted by atomic mass is 16.5. The maximum absolute atomic E-state index is 12.6. The summed E-state index contributed by atoms with van der Waals surface area (Å²) < 4.78 is 7.01. The summed E-state index contributed by atoms with van der Waals surface area (Å²) in [4.78, 5) is 16.9. The van der Waals surface area contributed by atoms with Gasteiger partial charge >= 0.3 is 0 Å². The number of hydrogen-bond acceptors (Lipinski definition) is 4. The molecule has 24 heavy (non-hydrogen) atoms. The van der Waals surface area contributed by atoms with Crippen molar-refractivity contribution in [2.75, 3.05) is 7.11 Å². The molecule has 0 aliphatic rings. The zero-order chi connectivity index (χ0) is 17.3. The first-order chi connectivity index (χ1) is 11.5. The van der Waals surface area contributed by atoms with E-state index in [1.807, 2.05) is 30.5 Å². The molecule has 5 heteroatoms. The molecule has 1 aromatic heterocycles. The zero-order valence-corrected chi connectivity index (χ0v) is 14.0. The Hall–Kier alpha value is -2.82. The fourth-order valence-corrected chi connectivity index (χ4v) is 2.84. The minimum Gasteiger partial charge on any atom is -0.507 e. The Kier molecular flexibility index (Phi) is 4.25. The van der Waals surface area contributed by atoms with Crippen LogP contribution in [-0.4, -0.2) is 27.6 Å². The highest BCUT2D eigenvalue weighted by Gasteiger charge is 2.17. The van der Waals surface area contributed by atoms with E-state index in [2.05, 4.69) is 4.98 Å². The van der Waals surface area contributed by atoms with E-state index in [4.69, 9.17) is 4.74 Å². The van der Waals surface area contributed by atoms with Crippen molar-refractivity contribution < 1.29 is 14.6 Å². The zero-order valence-electron chi connectivity index (χ0n) is 14.0. The number of aromatic hydroxyl groups is 1. The van der Waals surface area contributed by atoms with E-state index >= 15 is 0 Å². The summed E-state index contributed by atoms with van der Waals surface area (Å²) in [7, 11) is 1.59. The highest BCUT2D eigenvalue weighted by Crippen LogP contribution is 2.31. The molecule has 124 valence electrons. The number of fused-ring (bicyclic) bond motifs is 1. The summed E-state index contributed by atoms with van der Waals surface area (Å²) in [6.45, 7) is 4.22. The molecule has 0 aliphatic heterocycles. The first-order valence-corrected chi connectivity index (χ1v) is 7.85. The van der Waals surface area contributed by atoms with Crippen molar-refractivity contribution in [1.29, 1.82) is 0 Å². The van der Waals surface area contributed by atoms with Gasteiger partial charge in [0.25, 0.3) is 0 Å². The maximum atomic E-state index is 12.6. The summed E-state index contributed by atoms with van der Waals surface area (Å²) >= 11 is 0. The number of hydrogen-bond donors (Lipinski definition) is 1. The first-order valence-electron chi connectivity index (χ1n) is 7.85. The molecule has 1 heterocycles. The predicted octanol–water partition coefficient (Wildman–Crippen LogP) is 3.76. The standard InChI is InChI=1S/C19H20N2O3/c1-12(2)19-20-8-9-21(19)11-17(22)16-6-4-13-10-14(24-3)5-7-15(13)18(16)23/h4-10,12,23H,11H2,1-3H3. The molecule has 3 aromatic rings. The Morgan fingerprint density at radius 1 is 1.29 bits per heavy atom. The molecule has 1 N–H and O–H groups in total. The quantitative estimate of drug-likeness (QED) is 0.726. The third-order valence-corrected chi connectivity index (χ3v) is 4.08. The Morgan fingerprint density at radius 3 is 2.79 bits per heavy atom. The van der Waals surface area contributed by atoms with Crippen molar-refractivity contribution >= 4 is 16.6 Å². The fourth-order valence-electron chi connectivity index (χ4n) is 2.84. The van der Waals surface area contributed by atoms with Gasteiger partial charge < -0.3 is 14.4 Å². The molecule has 0 bridgehead atoms. The van der Waals surface area contributed by atoms with E-state index in [1.54, 1.807) is 37.7 Å². The normalized spacial score (nSPS) is 11.2. The lowest BCUT2D eigenvalue weighted by molar-refractivity contribution is 0.0968. The molecule has 0 spiro atoms. The number of carbonyl (C=O) groups is 1. The second-order valence-electron chi connectivity index (χ2n) is 6.04. The van der Waals surface area contributed by atoms with E-state index in [1.165, 1.54) is 0 Å². The number of aromatic nitrogens is 2. The van der Waals surface area contributed by atoms with Crippen LogP contribution in [0.2, 0.25) is 0 Å². The molecule has 0 radical (unpaired) electrons. The lowest BCUT2D eigenvalue weighted by Crippen LogP contribution is -2.13. The summed E-state index contributed by atoms with van der Waals surface area (Å²) in [5.74, 6) is 1.65. The lowest BCUT2D eigenvalue weighted by Gasteiger charge is -2.12. The minimum atomic E-state index is -0.148. The first kappa shape index (κ1) is 16.1. The second-order valence-corrected chi connectivity index (χ2v) is 6.04. The average molecular weight is 324 g/mol. The van der Waals surface area contributed by atoms with E-state index < -0.39 is 0 Å². The highest BCUT2D eigenvalue weighted by molar-refractivity contribution is 6.04.